The van der Waals surface area contributed by atoms with Gasteiger partial charge < -0.3 is 4.84 Å². The van der Waals surface area contributed by atoms with E-state index in [1.807, 2.05) is 0 Å². The second kappa shape index (κ2) is 4.11. The second-order valence-corrected chi connectivity index (χ2v) is 1.13. The SMILES string of the molecule is C=CCCO[N+](=O)[O-]. The summed E-state index contributed by atoms with van der Waals surface area (Å²) in [6.45, 7) is 3.46. The van der Waals surface area contributed by atoms with Crippen LogP contribution in [0.2, 0.25) is 0 Å². The van der Waals surface area contributed by atoms with Crippen molar-refractivity contribution in [3.8, 4) is 0 Å². The van der Waals surface area contributed by atoms with Gasteiger partial charge in [-0.25, -0.2) is 0 Å². The first-order chi connectivity index (χ1) is 3.77. The van der Waals surface area contributed by atoms with Crippen molar-refractivity contribution in [2.45, 2.75) is 6.42 Å². The highest BCUT2D eigenvalue weighted by atomic mass is 16.9. The molecule has 0 aliphatic heterocycles. The smallest absolute Gasteiger partial charge is 0.294 e. The molecule has 0 rings (SSSR count). The molecular formula is C4H7NO3. The van der Waals surface area contributed by atoms with Gasteiger partial charge in [0.25, 0.3) is 5.09 Å². The van der Waals surface area contributed by atoms with Crippen molar-refractivity contribution in [3.63, 3.8) is 0 Å². The zero-order chi connectivity index (χ0) is 6.41. The third kappa shape index (κ3) is 4.94. The predicted octanol–water partition coefficient (Wildman–Crippen LogP) is 0.771. The predicted molar refractivity (Wildman–Crippen MR) is 27.8 cm³/mol. The van der Waals surface area contributed by atoms with Gasteiger partial charge in [0.15, 0.2) is 0 Å². The number of hydrogen-bond acceptors (Lipinski definition) is 3. The first kappa shape index (κ1) is 6.94. The van der Waals surface area contributed by atoms with Crippen molar-refractivity contribution in [1.82, 2.24) is 0 Å². The van der Waals surface area contributed by atoms with Crippen molar-refractivity contribution >= 4 is 0 Å². The Labute approximate surface area is 46.9 Å². The van der Waals surface area contributed by atoms with Crippen LogP contribution in [-0.4, -0.2) is 11.7 Å². The maximum Gasteiger partial charge on any atom is 0.294 e. The summed E-state index contributed by atoms with van der Waals surface area (Å²) in [4.78, 5) is 13.4. The molecule has 0 fully saturated rings. The molecule has 0 aliphatic rings. The lowest BCUT2D eigenvalue weighted by molar-refractivity contribution is -0.757. The molecule has 46 valence electrons. The van der Waals surface area contributed by atoms with Crippen molar-refractivity contribution < 1.29 is 9.92 Å². The Balaban J connectivity index is 2.93. The molecule has 4 heteroatoms. The van der Waals surface area contributed by atoms with E-state index < -0.39 is 5.09 Å². The maximum absolute atomic E-state index is 9.42. The van der Waals surface area contributed by atoms with Crippen LogP contribution >= 0.6 is 0 Å². The van der Waals surface area contributed by atoms with Gasteiger partial charge in [0.2, 0.25) is 0 Å². The Hall–Kier alpha value is -1.06. The Morgan fingerprint density at radius 3 is 2.88 bits per heavy atom. The van der Waals surface area contributed by atoms with Crippen LogP contribution in [0.15, 0.2) is 12.7 Å². The van der Waals surface area contributed by atoms with Gasteiger partial charge in [-0.15, -0.1) is 16.7 Å². The molecule has 0 amide bonds. The second-order valence-electron chi connectivity index (χ2n) is 1.13. The molecule has 0 aliphatic carbocycles. The summed E-state index contributed by atoms with van der Waals surface area (Å²) in [5, 5.41) is 8.61. The molecule has 0 radical (unpaired) electrons. The van der Waals surface area contributed by atoms with Crippen molar-refractivity contribution in [3.05, 3.63) is 22.8 Å². The molecule has 0 spiro atoms. The van der Waals surface area contributed by atoms with Gasteiger partial charge in [-0.05, 0) is 6.42 Å². The molecule has 0 aromatic heterocycles. The lowest BCUT2D eigenvalue weighted by atomic mass is 10.5. The fraction of sp³-hybridized carbons (Fsp3) is 0.500. The van der Waals surface area contributed by atoms with E-state index >= 15 is 0 Å². The fourth-order valence-corrected chi connectivity index (χ4v) is 0.211. The van der Waals surface area contributed by atoms with Crippen LogP contribution in [0.5, 0.6) is 0 Å². The highest BCUT2D eigenvalue weighted by Gasteiger charge is 1.88. The van der Waals surface area contributed by atoms with Gasteiger partial charge in [-0.1, -0.05) is 6.08 Å². The third-order valence-electron chi connectivity index (χ3n) is 0.519. The molecule has 0 atom stereocenters. The van der Waals surface area contributed by atoms with Crippen molar-refractivity contribution in [2.75, 3.05) is 6.61 Å². The number of rotatable bonds is 4. The standard InChI is InChI=1S/C4H7NO3/c1-2-3-4-8-5(6)7/h2H,1,3-4H2. The summed E-state index contributed by atoms with van der Waals surface area (Å²) in [5.74, 6) is 0. The summed E-state index contributed by atoms with van der Waals surface area (Å²) >= 11 is 0. The van der Waals surface area contributed by atoms with E-state index in [2.05, 4.69) is 11.4 Å². The average Bonchev–Trinajstić information content (AvgIpc) is 1.66. The highest BCUT2D eigenvalue weighted by Crippen LogP contribution is 1.81. The first-order valence-electron chi connectivity index (χ1n) is 2.15. The zero-order valence-corrected chi connectivity index (χ0v) is 4.37. The topological polar surface area (TPSA) is 52.4 Å². The summed E-state index contributed by atoms with van der Waals surface area (Å²) in [6.07, 6.45) is 2.07. The molecule has 4 nitrogen and oxygen atoms in total. The Bertz CT molecular complexity index is 91.3. The normalized spacial score (nSPS) is 8.00. The molecule has 0 aromatic carbocycles. The summed E-state index contributed by atoms with van der Waals surface area (Å²) < 4.78 is 0. The van der Waals surface area contributed by atoms with E-state index in [0.717, 1.165) is 0 Å². The lowest BCUT2D eigenvalue weighted by Gasteiger charge is -1.90. The molecular weight excluding hydrogens is 110 g/mol. The maximum atomic E-state index is 9.42. The molecule has 0 bridgehead atoms. The first-order valence-corrected chi connectivity index (χ1v) is 2.15. The van der Waals surface area contributed by atoms with E-state index in [4.69, 9.17) is 0 Å². The van der Waals surface area contributed by atoms with Gasteiger partial charge in [0.1, 0.15) is 0 Å². The van der Waals surface area contributed by atoms with Crippen LogP contribution < -0.4 is 0 Å². The Morgan fingerprint density at radius 2 is 2.50 bits per heavy atom. The Morgan fingerprint density at radius 1 is 1.88 bits per heavy atom. The van der Waals surface area contributed by atoms with Crippen LogP contribution in [0, 0.1) is 10.1 Å². The molecule has 8 heavy (non-hydrogen) atoms. The molecule has 0 aromatic rings. The van der Waals surface area contributed by atoms with E-state index in [1.165, 1.54) is 0 Å². The molecule has 0 unspecified atom stereocenters. The quantitative estimate of drug-likeness (QED) is 0.236. The van der Waals surface area contributed by atoms with Crippen molar-refractivity contribution in [1.29, 1.82) is 0 Å². The third-order valence-corrected chi connectivity index (χ3v) is 0.519. The van der Waals surface area contributed by atoms with Gasteiger partial charge in [0.05, 0.1) is 6.61 Å². The minimum absolute atomic E-state index is 0.108. The largest absolute Gasteiger partial charge is 0.314 e. The minimum Gasteiger partial charge on any atom is -0.314 e. The summed E-state index contributed by atoms with van der Waals surface area (Å²) in [5.41, 5.74) is 0. The van der Waals surface area contributed by atoms with Gasteiger partial charge in [-0.2, -0.15) is 0 Å². The lowest BCUT2D eigenvalue weighted by Crippen LogP contribution is -2.00. The van der Waals surface area contributed by atoms with Crippen molar-refractivity contribution in [2.24, 2.45) is 0 Å². The summed E-state index contributed by atoms with van der Waals surface area (Å²) in [6, 6.07) is 0. The molecule has 0 N–H and O–H groups in total. The molecule has 0 saturated heterocycles. The fourth-order valence-electron chi connectivity index (χ4n) is 0.211. The van der Waals surface area contributed by atoms with E-state index in [1.54, 1.807) is 6.08 Å². The van der Waals surface area contributed by atoms with Crippen LogP contribution in [-0.2, 0) is 4.84 Å². The van der Waals surface area contributed by atoms with Crippen LogP contribution in [0.3, 0.4) is 0 Å². The minimum atomic E-state index is -0.816. The van der Waals surface area contributed by atoms with Gasteiger partial charge in [-0.3, -0.25) is 0 Å². The average molecular weight is 117 g/mol. The molecule has 0 saturated carbocycles. The monoisotopic (exact) mass is 117 g/mol. The van der Waals surface area contributed by atoms with Crippen LogP contribution in [0.25, 0.3) is 0 Å². The van der Waals surface area contributed by atoms with E-state index in [9.17, 15) is 10.1 Å². The van der Waals surface area contributed by atoms with Crippen LogP contribution in [0.1, 0.15) is 6.42 Å². The van der Waals surface area contributed by atoms with Gasteiger partial charge in [0, 0.05) is 0 Å². The number of hydrogen-bond donors (Lipinski definition) is 0. The van der Waals surface area contributed by atoms with E-state index in [0.29, 0.717) is 6.42 Å². The Kier molecular flexibility index (Phi) is 3.56. The zero-order valence-electron chi connectivity index (χ0n) is 4.37. The van der Waals surface area contributed by atoms with E-state index in [-0.39, 0.29) is 6.61 Å². The summed E-state index contributed by atoms with van der Waals surface area (Å²) in [7, 11) is 0. The molecule has 0 heterocycles. The highest BCUT2D eigenvalue weighted by molar-refractivity contribution is 4.63. The van der Waals surface area contributed by atoms with Gasteiger partial charge >= 0.3 is 0 Å². The van der Waals surface area contributed by atoms with Crippen LogP contribution in [0.4, 0.5) is 0 Å². The number of nitrogens with zero attached hydrogens (tertiary/aromatic N) is 1.